The number of piperazine rings is 1. The standard InChI is InChI=1S/C19H19BrClFN4O3/c1-19(2,3)29-18(28)25-4-5-26-12(8-25)17(27)24-11-7-23-15-9(16(11)26)6-10(22)13(20)14(15)21/h6-7,12H,4-5,8H2,1-3H3,(H,24,27)/t12-/m1/s1. The fraction of sp³-hybridized carbons (Fsp3) is 0.421. The number of benzene rings is 1. The number of aromatic nitrogens is 1. The number of pyridine rings is 1. The molecule has 1 saturated heterocycles. The zero-order chi connectivity index (χ0) is 21.1. The summed E-state index contributed by atoms with van der Waals surface area (Å²) in [6.45, 7) is 6.30. The van der Waals surface area contributed by atoms with Crippen LogP contribution in [0.25, 0.3) is 10.9 Å². The van der Waals surface area contributed by atoms with Gasteiger partial charge in [0, 0.05) is 18.5 Å². The van der Waals surface area contributed by atoms with Crippen molar-refractivity contribution in [3.8, 4) is 0 Å². The number of hydrogen-bond donors (Lipinski definition) is 1. The molecule has 3 heterocycles. The second kappa shape index (κ2) is 6.98. The first-order chi connectivity index (χ1) is 13.6. The topological polar surface area (TPSA) is 74.8 Å². The minimum absolute atomic E-state index is 0.144. The molecule has 0 spiro atoms. The lowest BCUT2D eigenvalue weighted by atomic mass is 10.0. The van der Waals surface area contributed by atoms with Crippen LogP contribution in [0.1, 0.15) is 20.8 Å². The van der Waals surface area contributed by atoms with Crippen LogP contribution in [-0.2, 0) is 9.53 Å². The Morgan fingerprint density at radius 2 is 2.14 bits per heavy atom. The average Bonchev–Trinajstić information content (AvgIpc) is 2.64. The predicted molar refractivity (Wildman–Crippen MR) is 112 cm³/mol. The maximum atomic E-state index is 14.4. The SMILES string of the molecule is CC(C)(C)OC(=O)N1CCN2c3c(cnc4c(Cl)c(Br)c(F)cc34)NC(=O)[C@H]2C1. The Hall–Kier alpha value is -2.13. The van der Waals surface area contributed by atoms with Gasteiger partial charge in [-0.15, -0.1) is 0 Å². The maximum Gasteiger partial charge on any atom is 0.410 e. The first-order valence-electron chi connectivity index (χ1n) is 9.08. The van der Waals surface area contributed by atoms with Crippen LogP contribution in [0.2, 0.25) is 5.02 Å². The van der Waals surface area contributed by atoms with Gasteiger partial charge in [-0.25, -0.2) is 9.18 Å². The Labute approximate surface area is 180 Å². The largest absolute Gasteiger partial charge is 0.444 e. The molecule has 0 saturated carbocycles. The second-order valence-electron chi connectivity index (χ2n) is 8.03. The molecule has 7 nitrogen and oxygen atoms in total. The van der Waals surface area contributed by atoms with Gasteiger partial charge in [-0.1, -0.05) is 11.6 Å². The van der Waals surface area contributed by atoms with Gasteiger partial charge in [0.15, 0.2) is 0 Å². The summed E-state index contributed by atoms with van der Waals surface area (Å²) in [7, 11) is 0. The van der Waals surface area contributed by atoms with Gasteiger partial charge in [-0.2, -0.15) is 0 Å². The average molecular weight is 486 g/mol. The van der Waals surface area contributed by atoms with E-state index in [2.05, 4.69) is 26.2 Å². The van der Waals surface area contributed by atoms with Crippen molar-refractivity contribution in [2.24, 2.45) is 0 Å². The van der Waals surface area contributed by atoms with Gasteiger partial charge in [0.05, 0.1) is 39.1 Å². The van der Waals surface area contributed by atoms with E-state index in [-0.39, 0.29) is 21.9 Å². The molecule has 10 heteroatoms. The number of carbonyl (C=O) groups excluding carboxylic acids is 2. The lowest BCUT2D eigenvalue weighted by molar-refractivity contribution is -0.118. The van der Waals surface area contributed by atoms with E-state index in [1.165, 1.54) is 17.2 Å². The van der Waals surface area contributed by atoms with Crippen molar-refractivity contribution >= 4 is 61.8 Å². The summed E-state index contributed by atoms with van der Waals surface area (Å²) in [6.07, 6.45) is 1.05. The van der Waals surface area contributed by atoms with E-state index in [1.807, 2.05) is 4.90 Å². The summed E-state index contributed by atoms with van der Waals surface area (Å²) in [5.41, 5.74) is 0.946. The summed E-state index contributed by atoms with van der Waals surface area (Å²) in [5.74, 6) is -0.769. The van der Waals surface area contributed by atoms with Gasteiger partial charge in [0.25, 0.3) is 0 Å². The second-order valence-corrected chi connectivity index (χ2v) is 9.20. The van der Waals surface area contributed by atoms with Crippen LogP contribution in [0.15, 0.2) is 16.7 Å². The van der Waals surface area contributed by atoms with Crippen molar-refractivity contribution in [2.75, 3.05) is 29.9 Å². The molecule has 2 amide bonds. The number of carbonyl (C=O) groups is 2. The minimum Gasteiger partial charge on any atom is -0.444 e. The molecule has 4 rings (SSSR count). The van der Waals surface area contributed by atoms with Gasteiger partial charge in [0.1, 0.15) is 17.5 Å². The highest BCUT2D eigenvalue weighted by Gasteiger charge is 2.41. The molecule has 2 aliphatic heterocycles. The molecule has 1 fully saturated rings. The van der Waals surface area contributed by atoms with Crippen molar-refractivity contribution in [3.05, 3.63) is 27.6 Å². The first-order valence-corrected chi connectivity index (χ1v) is 10.3. The molecule has 1 atom stereocenters. The molecule has 154 valence electrons. The van der Waals surface area contributed by atoms with Crippen molar-refractivity contribution in [1.82, 2.24) is 9.88 Å². The Balaban J connectivity index is 1.73. The van der Waals surface area contributed by atoms with Crippen LogP contribution in [0.3, 0.4) is 0 Å². The fourth-order valence-electron chi connectivity index (χ4n) is 3.61. The highest BCUT2D eigenvalue weighted by atomic mass is 79.9. The van der Waals surface area contributed by atoms with Crippen LogP contribution in [0.4, 0.5) is 20.6 Å². The fourth-order valence-corrected chi connectivity index (χ4v) is 4.15. The van der Waals surface area contributed by atoms with Crippen LogP contribution < -0.4 is 10.2 Å². The smallest absolute Gasteiger partial charge is 0.410 e. The number of hydrogen-bond acceptors (Lipinski definition) is 5. The molecule has 2 aliphatic rings. The van der Waals surface area contributed by atoms with E-state index in [0.717, 1.165) is 0 Å². The number of fused-ring (bicyclic) bond motifs is 5. The van der Waals surface area contributed by atoms with Gasteiger partial charge >= 0.3 is 6.09 Å². The zero-order valence-corrected chi connectivity index (χ0v) is 18.4. The minimum atomic E-state index is -0.626. The number of ether oxygens (including phenoxy) is 1. The number of halogens is 3. The summed E-state index contributed by atoms with van der Waals surface area (Å²) in [4.78, 5) is 32.8. The molecule has 1 aromatic carbocycles. The lowest BCUT2D eigenvalue weighted by Gasteiger charge is -2.45. The molecular formula is C19H19BrClFN4O3. The van der Waals surface area contributed by atoms with Crippen molar-refractivity contribution in [2.45, 2.75) is 32.4 Å². The van der Waals surface area contributed by atoms with Crippen LogP contribution in [-0.4, -0.2) is 53.2 Å². The summed E-state index contributed by atoms with van der Waals surface area (Å²) in [6, 6.07) is 0.728. The Morgan fingerprint density at radius 1 is 1.41 bits per heavy atom. The Bertz CT molecular complexity index is 1040. The molecule has 1 aromatic heterocycles. The summed E-state index contributed by atoms with van der Waals surface area (Å²) >= 11 is 9.41. The van der Waals surface area contributed by atoms with E-state index < -0.39 is 23.6 Å². The number of nitrogens with one attached hydrogen (secondary N) is 1. The highest BCUT2D eigenvalue weighted by molar-refractivity contribution is 9.10. The quantitative estimate of drug-likeness (QED) is 0.567. The molecular weight excluding hydrogens is 467 g/mol. The molecule has 0 unspecified atom stereocenters. The zero-order valence-electron chi connectivity index (χ0n) is 16.1. The highest BCUT2D eigenvalue weighted by Crippen LogP contribution is 2.43. The van der Waals surface area contributed by atoms with Gasteiger partial charge < -0.3 is 19.9 Å². The van der Waals surface area contributed by atoms with Crippen LogP contribution >= 0.6 is 27.5 Å². The van der Waals surface area contributed by atoms with E-state index in [0.29, 0.717) is 35.4 Å². The number of rotatable bonds is 0. The van der Waals surface area contributed by atoms with E-state index >= 15 is 0 Å². The third kappa shape index (κ3) is 3.50. The molecule has 2 aromatic rings. The molecule has 0 bridgehead atoms. The number of amides is 2. The van der Waals surface area contributed by atoms with Gasteiger partial charge in [-0.3, -0.25) is 9.78 Å². The summed E-state index contributed by atoms with van der Waals surface area (Å²) < 4.78 is 19.9. The summed E-state index contributed by atoms with van der Waals surface area (Å²) in [5, 5.41) is 3.49. The van der Waals surface area contributed by atoms with Gasteiger partial charge in [0.2, 0.25) is 5.91 Å². The van der Waals surface area contributed by atoms with E-state index in [9.17, 15) is 14.0 Å². The Kier molecular flexibility index (Phi) is 4.85. The number of anilines is 2. The third-order valence-corrected chi connectivity index (χ3v) is 6.22. The third-order valence-electron chi connectivity index (χ3n) is 4.85. The monoisotopic (exact) mass is 484 g/mol. The van der Waals surface area contributed by atoms with E-state index in [4.69, 9.17) is 16.3 Å². The lowest BCUT2D eigenvalue weighted by Crippen LogP contribution is -2.61. The molecule has 0 radical (unpaired) electrons. The Morgan fingerprint density at radius 3 is 2.83 bits per heavy atom. The van der Waals surface area contributed by atoms with Crippen LogP contribution in [0.5, 0.6) is 0 Å². The molecule has 0 aliphatic carbocycles. The maximum absolute atomic E-state index is 14.4. The van der Waals surface area contributed by atoms with Crippen molar-refractivity contribution < 1.29 is 18.7 Å². The predicted octanol–water partition coefficient (Wildman–Crippen LogP) is 4.17. The van der Waals surface area contributed by atoms with E-state index in [1.54, 1.807) is 20.8 Å². The van der Waals surface area contributed by atoms with Gasteiger partial charge in [-0.05, 0) is 42.8 Å². The first kappa shape index (κ1) is 20.2. The van der Waals surface area contributed by atoms with Crippen molar-refractivity contribution in [3.63, 3.8) is 0 Å². The van der Waals surface area contributed by atoms with Crippen molar-refractivity contribution in [1.29, 1.82) is 0 Å². The molecule has 1 N–H and O–H groups in total. The van der Waals surface area contributed by atoms with Crippen LogP contribution in [0, 0.1) is 5.82 Å². The normalized spacial score (nSPS) is 19.0. The molecule has 29 heavy (non-hydrogen) atoms. The number of nitrogens with zero attached hydrogens (tertiary/aromatic N) is 3.